The fraction of sp³-hybridized carbons (Fsp3) is 0.481. The van der Waals surface area contributed by atoms with Crippen LogP contribution in [0, 0.1) is 0 Å². The monoisotopic (exact) mass is 449 g/mol. The zero-order valence-corrected chi connectivity index (χ0v) is 20.4. The zero-order chi connectivity index (χ0) is 23.5. The van der Waals surface area contributed by atoms with Crippen LogP contribution in [0.5, 0.6) is 0 Å². The van der Waals surface area contributed by atoms with Crippen LogP contribution in [0.4, 0.5) is 0 Å². The van der Waals surface area contributed by atoms with E-state index in [9.17, 15) is 4.79 Å². The molecule has 1 heterocycles. The summed E-state index contributed by atoms with van der Waals surface area (Å²) in [7, 11) is 0. The molecule has 0 saturated carbocycles. The van der Waals surface area contributed by atoms with Gasteiger partial charge in [-0.1, -0.05) is 68.4 Å². The first kappa shape index (κ1) is 24.8. The molecule has 2 aromatic rings. The number of benzene rings is 2. The van der Waals surface area contributed by atoms with Crippen LogP contribution in [-0.4, -0.2) is 54.4 Å². The summed E-state index contributed by atoms with van der Waals surface area (Å²) in [6, 6.07) is 19.4. The Morgan fingerprint density at radius 1 is 1.03 bits per heavy atom. The fourth-order valence-electron chi connectivity index (χ4n) is 4.42. The van der Waals surface area contributed by atoms with Crippen molar-refractivity contribution in [3.63, 3.8) is 0 Å². The Labute approximate surface area is 199 Å². The summed E-state index contributed by atoms with van der Waals surface area (Å²) >= 11 is 0. The van der Waals surface area contributed by atoms with E-state index in [2.05, 4.69) is 90.9 Å². The van der Waals surface area contributed by atoms with E-state index in [1.165, 1.54) is 11.1 Å². The van der Waals surface area contributed by atoms with Crippen LogP contribution >= 0.6 is 0 Å². The highest BCUT2D eigenvalue weighted by Gasteiger charge is 2.20. The first-order valence-electron chi connectivity index (χ1n) is 12.3. The number of carbonyl (C=O) groups excluding carboxylic acids is 1. The Morgan fingerprint density at radius 2 is 1.79 bits per heavy atom. The van der Waals surface area contributed by atoms with Gasteiger partial charge in [0.05, 0.1) is 12.6 Å². The van der Waals surface area contributed by atoms with E-state index in [-0.39, 0.29) is 11.9 Å². The lowest BCUT2D eigenvalue weighted by atomic mass is 10.1. The summed E-state index contributed by atoms with van der Waals surface area (Å²) in [5.41, 5.74) is 3.63. The van der Waals surface area contributed by atoms with Crippen LogP contribution in [0.25, 0.3) is 0 Å². The largest absolute Gasteiger partial charge is 0.357 e. The third-order valence-electron chi connectivity index (χ3n) is 6.20. The normalized spacial score (nSPS) is 15.2. The Hall–Kier alpha value is -2.86. The predicted octanol–water partition coefficient (Wildman–Crippen LogP) is 3.95. The highest BCUT2D eigenvalue weighted by molar-refractivity contribution is 5.80. The molecular formula is C27H39N5O. The SMILES string of the molecule is CCNC(=NCc1cccc(CN2CCCC2=O)c1)NCC(c1ccccc1)N(CC)CC. The predicted molar refractivity (Wildman–Crippen MR) is 136 cm³/mol. The third kappa shape index (κ3) is 7.32. The molecule has 1 amide bonds. The van der Waals surface area contributed by atoms with Gasteiger partial charge in [0.2, 0.25) is 5.91 Å². The minimum atomic E-state index is 0.262. The molecule has 2 aromatic carbocycles. The Balaban J connectivity index is 1.66. The lowest BCUT2D eigenvalue weighted by Gasteiger charge is -2.30. The molecule has 0 aromatic heterocycles. The molecule has 0 bridgehead atoms. The van der Waals surface area contributed by atoms with Crippen molar-refractivity contribution in [2.75, 3.05) is 32.7 Å². The molecule has 1 aliphatic heterocycles. The van der Waals surface area contributed by atoms with Gasteiger partial charge in [-0.05, 0) is 43.1 Å². The molecule has 1 unspecified atom stereocenters. The third-order valence-corrected chi connectivity index (χ3v) is 6.20. The highest BCUT2D eigenvalue weighted by atomic mass is 16.2. The van der Waals surface area contributed by atoms with E-state index in [1.54, 1.807) is 0 Å². The van der Waals surface area contributed by atoms with E-state index < -0.39 is 0 Å². The number of aliphatic imine (C=N–C) groups is 1. The maximum Gasteiger partial charge on any atom is 0.222 e. The Bertz CT molecular complexity index is 894. The van der Waals surface area contributed by atoms with Gasteiger partial charge in [0, 0.05) is 32.6 Å². The summed E-state index contributed by atoms with van der Waals surface area (Å²) in [6.45, 7) is 12.3. The van der Waals surface area contributed by atoms with Gasteiger partial charge in [-0.3, -0.25) is 9.69 Å². The Kier molecular flexibility index (Phi) is 9.76. The van der Waals surface area contributed by atoms with Crippen LogP contribution in [0.3, 0.4) is 0 Å². The molecule has 1 aliphatic rings. The molecule has 0 aliphatic carbocycles. The minimum absolute atomic E-state index is 0.262. The number of guanidine groups is 1. The van der Waals surface area contributed by atoms with Gasteiger partial charge in [-0.25, -0.2) is 4.99 Å². The van der Waals surface area contributed by atoms with Gasteiger partial charge in [0.1, 0.15) is 0 Å². The number of nitrogens with zero attached hydrogens (tertiary/aromatic N) is 3. The van der Waals surface area contributed by atoms with Gasteiger partial charge in [0.25, 0.3) is 0 Å². The average Bonchev–Trinajstić information content (AvgIpc) is 3.25. The minimum Gasteiger partial charge on any atom is -0.357 e. The summed E-state index contributed by atoms with van der Waals surface area (Å²) in [6.07, 6.45) is 1.65. The molecule has 1 fully saturated rings. The maximum atomic E-state index is 12.0. The molecule has 3 rings (SSSR count). The quantitative estimate of drug-likeness (QED) is 0.403. The van der Waals surface area contributed by atoms with Crippen molar-refractivity contribution in [2.24, 2.45) is 4.99 Å². The van der Waals surface area contributed by atoms with Crippen molar-refractivity contribution in [3.05, 3.63) is 71.3 Å². The number of hydrogen-bond donors (Lipinski definition) is 2. The van der Waals surface area contributed by atoms with E-state index >= 15 is 0 Å². The molecule has 178 valence electrons. The molecule has 0 radical (unpaired) electrons. The lowest BCUT2D eigenvalue weighted by molar-refractivity contribution is -0.128. The van der Waals surface area contributed by atoms with Gasteiger partial charge >= 0.3 is 0 Å². The van der Waals surface area contributed by atoms with Crippen molar-refractivity contribution in [1.29, 1.82) is 0 Å². The maximum absolute atomic E-state index is 12.0. The molecule has 0 spiro atoms. The molecule has 1 saturated heterocycles. The Morgan fingerprint density at radius 3 is 2.45 bits per heavy atom. The van der Waals surface area contributed by atoms with Gasteiger partial charge in [-0.2, -0.15) is 0 Å². The smallest absolute Gasteiger partial charge is 0.222 e. The van der Waals surface area contributed by atoms with Gasteiger partial charge in [0.15, 0.2) is 5.96 Å². The van der Waals surface area contributed by atoms with Crippen LogP contribution in [-0.2, 0) is 17.9 Å². The second kappa shape index (κ2) is 13.0. The first-order chi connectivity index (χ1) is 16.1. The number of hydrogen-bond acceptors (Lipinski definition) is 3. The van der Waals surface area contributed by atoms with Crippen molar-refractivity contribution in [3.8, 4) is 0 Å². The molecule has 33 heavy (non-hydrogen) atoms. The van der Waals surface area contributed by atoms with Crippen molar-refractivity contribution in [1.82, 2.24) is 20.4 Å². The van der Waals surface area contributed by atoms with Gasteiger partial charge in [-0.15, -0.1) is 0 Å². The summed E-state index contributed by atoms with van der Waals surface area (Å²) in [5, 5.41) is 6.94. The number of likely N-dealkylation sites (tertiary alicyclic amines) is 1. The average molecular weight is 450 g/mol. The zero-order valence-electron chi connectivity index (χ0n) is 20.4. The molecule has 2 N–H and O–H groups in total. The van der Waals surface area contributed by atoms with Crippen LogP contribution in [0.1, 0.15) is 56.3 Å². The van der Waals surface area contributed by atoms with Crippen LogP contribution in [0.15, 0.2) is 59.6 Å². The second-order valence-corrected chi connectivity index (χ2v) is 8.46. The standard InChI is InChI=1S/C27H39N5O/c1-4-28-27(30-20-25(31(5-2)6-3)24-14-8-7-9-15-24)29-19-22-12-10-13-23(18-22)21-32-17-11-16-26(32)33/h7-10,12-15,18,25H,4-6,11,16-17,19-21H2,1-3H3,(H2,28,29,30). The fourth-order valence-corrected chi connectivity index (χ4v) is 4.42. The first-order valence-corrected chi connectivity index (χ1v) is 12.3. The van der Waals surface area contributed by atoms with E-state index in [0.29, 0.717) is 19.5 Å². The van der Waals surface area contributed by atoms with E-state index in [0.717, 1.165) is 50.7 Å². The summed E-state index contributed by atoms with van der Waals surface area (Å²) < 4.78 is 0. The van der Waals surface area contributed by atoms with Crippen molar-refractivity contribution >= 4 is 11.9 Å². The van der Waals surface area contributed by atoms with Crippen molar-refractivity contribution in [2.45, 2.75) is 52.7 Å². The topological polar surface area (TPSA) is 60.0 Å². The van der Waals surface area contributed by atoms with E-state index in [4.69, 9.17) is 4.99 Å². The molecular weight excluding hydrogens is 410 g/mol. The highest BCUT2D eigenvalue weighted by Crippen LogP contribution is 2.19. The van der Waals surface area contributed by atoms with Gasteiger partial charge < -0.3 is 15.5 Å². The van der Waals surface area contributed by atoms with Crippen LogP contribution in [0.2, 0.25) is 0 Å². The van der Waals surface area contributed by atoms with E-state index in [1.807, 2.05) is 4.90 Å². The number of likely N-dealkylation sites (N-methyl/N-ethyl adjacent to an activating group) is 1. The number of rotatable bonds is 11. The number of nitrogens with one attached hydrogen (secondary N) is 2. The number of carbonyl (C=O) groups is 1. The number of amides is 1. The summed E-state index contributed by atoms with van der Waals surface area (Å²) in [4.78, 5) is 21.2. The van der Waals surface area contributed by atoms with Crippen LogP contribution < -0.4 is 10.6 Å². The van der Waals surface area contributed by atoms with Crippen molar-refractivity contribution < 1.29 is 4.79 Å². The summed E-state index contributed by atoms with van der Waals surface area (Å²) in [5.74, 6) is 1.09. The molecule has 6 heteroatoms. The molecule has 6 nitrogen and oxygen atoms in total. The molecule has 1 atom stereocenters. The lowest BCUT2D eigenvalue weighted by Crippen LogP contribution is -2.43. The second-order valence-electron chi connectivity index (χ2n) is 8.46.